The Labute approximate surface area is 658 Å². The van der Waals surface area contributed by atoms with Crippen molar-refractivity contribution in [1.29, 1.82) is 0 Å². The van der Waals surface area contributed by atoms with Gasteiger partial charge in [-0.05, 0) is 19.3 Å². The van der Waals surface area contributed by atoms with Crippen LogP contribution < -0.4 is 10.6 Å². The van der Waals surface area contributed by atoms with E-state index >= 15 is 0 Å². The molecular formula is C86H162N2O21. The fourth-order valence-electron chi connectivity index (χ4n) is 15.7. The number of rotatable bonds is 72. The number of hydrogen-bond donors (Lipinski definition) is 14. The van der Waals surface area contributed by atoms with Gasteiger partial charge in [-0.3, -0.25) is 9.59 Å². The zero-order valence-electron chi connectivity index (χ0n) is 68.4. The van der Waals surface area contributed by atoms with E-state index in [9.17, 15) is 75.7 Å². The standard InChI is InChI=1S/C86H162N2O21/c1-4-6-8-10-12-14-16-18-20-22-24-26-28-30-31-32-33-34-36-38-40-42-44-46-48-50-52-54-56-58-60-73(96)88-67(68(93)59-57-55-53-51-49-47-45-43-41-39-37-35-29-27-25-23-21-19-17-15-13-11-9-7-5-2)65-104-83-78(100)77(99)80(72(64-91)106-83)107-84-79(101)82(76(98)71(63-90)105-84)109-86(85(102)103)61-69(94)74(87-66(3)92)81(108-86)75(97)70(95)62-89/h57,59,67-72,74-84,89-91,93-95,97-101H,4-56,58,60-65H2,1-3H3,(H,87,92)(H,88,96)(H,102,103)/b59-57+. The molecule has 3 rings (SSSR count). The molecular weight excluding hydrogens is 1400 g/mol. The molecule has 0 radical (unpaired) electrons. The van der Waals surface area contributed by atoms with Crippen molar-refractivity contribution in [2.75, 3.05) is 26.4 Å². The molecule has 18 unspecified atom stereocenters. The first-order chi connectivity index (χ1) is 52.9. The van der Waals surface area contributed by atoms with Gasteiger partial charge in [0, 0.05) is 19.8 Å². The van der Waals surface area contributed by atoms with Crippen LogP contribution in [0.15, 0.2) is 12.2 Å². The summed E-state index contributed by atoms with van der Waals surface area (Å²) in [6.45, 7) is 2.22. The molecule has 642 valence electrons. The maximum Gasteiger partial charge on any atom is 0.364 e. The smallest absolute Gasteiger partial charge is 0.364 e. The predicted octanol–water partition coefficient (Wildman–Crippen LogP) is 13.7. The first-order valence-electron chi connectivity index (χ1n) is 44.6. The average Bonchev–Trinajstić information content (AvgIpc) is 0.754. The normalized spacial score (nSPS) is 25.7. The maximum atomic E-state index is 13.6. The average molecular weight is 1560 g/mol. The SMILES string of the molecule is CCCCCCCCCCCCCCCCCCCCCCCCC/C=C/C(O)C(COC1OC(CO)C(OC2OC(CO)C(O)C(OC3(C(=O)O)CC(O)C(NC(C)=O)C(C(O)C(O)CO)O3)C2O)C(O)C1O)NC(=O)CCCCCCCCCCCCCCCCCCCCCCCCCCCCCCCC. The molecule has 0 aliphatic carbocycles. The number of nitrogens with one attached hydrogen (secondary N) is 2. The minimum Gasteiger partial charge on any atom is -0.477 e. The molecule has 0 bridgehead atoms. The third kappa shape index (κ3) is 43.9. The van der Waals surface area contributed by atoms with E-state index in [1.165, 1.54) is 289 Å². The van der Waals surface area contributed by atoms with E-state index in [0.29, 0.717) is 12.8 Å². The molecule has 0 spiro atoms. The molecule has 3 aliphatic heterocycles. The molecule has 0 aromatic heterocycles. The van der Waals surface area contributed by atoms with E-state index in [-0.39, 0.29) is 12.3 Å². The van der Waals surface area contributed by atoms with Crippen LogP contribution in [0.25, 0.3) is 0 Å². The van der Waals surface area contributed by atoms with Gasteiger partial charge in [0.25, 0.3) is 5.79 Å². The van der Waals surface area contributed by atoms with Gasteiger partial charge in [-0.2, -0.15) is 0 Å². The lowest BCUT2D eigenvalue weighted by Gasteiger charge is -2.50. The number of aliphatic carboxylic acids is 1. The summed E-state index contributed by atoms with van der Waals surface area (Å²) in [5.74, 6) is -6.13. The van der Waals surface area contributed by atoms with E-state index in [4.69, 9.17) is 28.4 Å². The molecule has 23 heteroatoms. The monoisotopic (exact) mass is 1560 g/mol. The summed E-state index contributed by atoms with van der Waals surface area (Å²) in [5.41, 5.74) is 0. The Morgan fingerprint density at radius 3 is 1.22 bits per heavy atom. The summed E-state index contributed by atoms with van der Waals surface area (Å²) in [6.07, 6.45) is 44.0. The van der Waals surface area contributed by atoms with E-state index < -0.39 is 155 Å². The number of carboxylic acid groups (broad SMARTS) is 1. The third-order valence-corrected chi connectivity index (χ3v) is 22.7. The number of allylic oxidation sites excluding steroid dienone is 1. The number of aliphatic hydroxyl groups is 11. The molecule has 2 amide bonds. The van der Waals surface area contributed by atoms with Crippen molar-refractivity contribution in [3.8, 4) is 0 Å². The molecule has 23 nitrogen and oxygen atoms in total. The number of carbonyl (C=O) groups is 3. The van der Waals surface area contributed by atoms with Crippen molar-refractivity contribution in [3.05, 3.63) is 12.2 Å². The number of hydrogen-bond acceptors (Lipinski definition) is 20. The zero-order valence-corrected chi connectivity index (χ0v) is 68.4. The summed E-state index contributed by atoms with van der Waals surface area (Å²) in [5, 5.41) is 137. The lowest BCUT2D eigenvalue weighted by atomic mass is 9.88. The number of aliphatic hydroxyl groups excluding tert-OH is 11. The lowest BCUT2D eigenvalue weighted by Crippen LogP contribution is -2.70. The topological polar surface area (TPSA) is 373 Å². The highest BCUT2D eigenvalue weighted by Crippen LogP contribution is 2.39. The van der Waals surface area contributed by atoms with Gasteiger partial charge in [-0.25, -0.2) is 4.79 Å². The molecule has 109 heavy (non-hydrogen) atoms. The first kappa shape index (κ1) is 101. The Morgan fingerprint density at radius 2 is 0.853 bits per heavy atom. The van der Waals surface area contributed by atoms with Crippen molar-refractivity contribution < 1.29 is 104 Å². The summed E-state index contributed by atoms with van der Waals surface area (Å²) in [7, 11) is 0. The second-order valence-corrected chi connectivity index (χ2v) is 32.5. The minimum absolute atomic E-state index is 0.206. The summed E-state index contributed by atoms with van der Waals surface area (Å²) in [4.78, 5) is 38.8. The Bertz CT molecular complexity index is 2210. The van der Waals surface area contributed by atoms with Crippen molar-refractivity contribution in [2.24, 2.45) is 0 Å². The van der Waals surface area contributed by atoms with Crippen LogP contribution in [0.2, 0.25) is 0 Å². The van der Waals surface area contributed by atoms with Gasteiger partial charge in [0.2, 0.25) is 11.8 Å². The van der Waals surface area contributed by atoms with Crippen molar-refractivity contribution in [2.45, 2.75) is 490 Å². The largest absolute Gasteiger partial charge is 0.477 e. The van der Waals surface area contributed by atoms with E-state index in [1.54, 1.807) is 6.08 Å². The van der Waals surface area contributed by atoms with E-state index in [2.05, 4.69) is 24.5 Å². The van der Waals surface area contributed by atoms with Gasteiger partial charge in [-0.1, -0.05) is 353 Å². The van der Waals surface area contributed by atoms with Gasteiger partial charge >= 0.3 is 5.97 Å². The fraction of sp³-hybridized carbons (Fsp3) is 0.942. The second kappa shape index (κ2) is 64.6. The second-order valence-electron chi connectivity index (χ2n) is 32.5. The van der Waals surface area contributed by atoms with Crippen molar-refractivity contribution in [3.63, 3.8) is 0 Å². The van der Waals surface area contributed by atoms with Crippen LogP contribution >= 0.6 is 0 Å². The van der Waals surface area contributed by atoms with Crippen LogP contribution in [-0.2, 0) is 42.8 Å². The minimum atomic E-state index is -3.08. The van der Waals surface area contributed by atoms with Crippen LogP contribution in [0.5, 0.6) is 0 Å². The Kier molecular flexibility index (Phi) is 59.7. The van der Waals surface area contributed by atoms with Crippen LogP contribution in [0.4, 0.5) is 0 Å². The van der Waals surface area contributed by atoms with Gasteiger partial charge in [0.1, 0.15) is 67.1 Å². The Morgan fingerprint density at radius 1 is 0.477 bits per heavy atom. The zero-order chi connectivity index (χ0) is 79.5. The summed E-state index contributed by atoms with van der Waals surface area (Å²) >= 11 is 0. The highest BCUT2D eigenvalue weighted by Gasteiger charge is 2.60. The number of amides is 2. The molecule has 3 aliphatic rings. The number of ether oxygens (including phenoxy) is 6. The van der Waals surface area contributed by atoms with Crippen LogP contribution in [0, 0.1) is 0 Å². The molecule has 3 heterocycles. The van der Waals surface area contributed by atoms with Crippen molar-refractivity contribution >= 4 is 17.8 Å². The molecule has 0 aromatic carbocycles. The molecule has 0 aromatic rings. The van der Waals surface area contributed by atoms with Crippen LogP contribution in [0.3, 0.4) is 0 Å². The Hall–Kier alpha value is -2.53. The highest BCUT2D eigenvalue weighted by atomic mass is 16.8. The Balaban J connectivity index is 1.47. The van der Waals surface area contributed by atoms with Gasteiger partial charge < -0.3 is 100 Å². The fourth-order valence-corrected chi connectivity index (χ4v) is 15.7. The number of carbonyl (C=O) groups excluding carboxylic acids is 2. The van der Waals surface area contributed by atoms with E-state index in [0.717, 1.165) is 51.9 Å². The van der Waals surface area contributed by atoms with Crippen LogP contribution in [0.1, 0.15) is 380 Å². The quantitative estimate of drug-likeness (QED) is 0.0199. The molecule has 3 fully saturated rings. The van der Waals surface area contributed by atoms with Crippen LogP contribution in [-0.4, -0.2) is 215 Å². The molecule has 0 saturated carbocycles. The lowest BCUT2D eigenvalue weighted by molar-refractivity contribution is -0.386. The van der Waals surface area contributed by atoms with E-state index in [1.807, 2.05) is 6.08 Å². The predicted molar refractivity (Wildman–Crippen MR) is 426 cm³/mol. The van der Waals surface area contributed by atoms with Crippen molar-refractivity contribution in [1.82, 2.24) is 10.6 Å². The number of carboxylic acids is 1. The summed E-state index contributed by atoms with van der Waals surface area (Å²) < 4.78 is 35.0. The molecule has 14 N–H and O–H groups in total. The van der Waals surface area contributed by atoms with Gasteiger partial charge in [-0.15, -0.1) is 0 Å². The van der Waals surface area contributed by atoms with Gasteiger partial charge in [0.05, 0.1) is 50.7 Å². The number of unbranched alkanes of at least 4 members (excludes halogenated alkanes) is 52. The summed E-state index contributed by atoms with van der Waals surface area (Å²) in [6, 6.07) is -2.62. The highest BCUT2D eigenvalue weighted by molar-refractivity contribution is 5.77. The third-order valence-electron chi connectivity index (χ3n) is 22.7. The molecule has 3 saturated heterocycles. The molecule has 18 atom stereocenters. The van der Waals surface area contributed by atoms with Gasteiger partial charge in [0.15, 0.2) is 12.6 Å². The first-order valence-corrected chi connectivity index (χ1v) is 44.6. The maximum absolute atomic E-state index is 13.6.